The van der Waals surface area contributed by atoms with E-state index in [4.69, 9.17) is 14.2 Å². The van der Waals surface area contributed by atoms with Gasteiger partial charge in [-0.2, -0.15) is 0 Å². The number of nitrogens with zero attached hydrogens (tertiary/aromatic N) is 3. The summed E-state index contributed by atoms with van der Waals surface area (Å²) in [5, 5.41) is 9.24. The highest BCUT2D eigenvalue weighted by atomic mass is 16.5. The first-order valence-electron chi connectivity index (χ1n) is 14.4. The average molecular weight is 556 g/mol. The van der Waals surface area contributed by atoms with Crippen molar-refractivity contribution < 1.29 is 14.2 Å². The molecular weight excluding hydrogens is 514 g/mol. The Morgan fingerprint density at radius 3 is 2.49 bits per heavy atom. The molecule has 5 rings (SSSR count). The highest BCUT2D eigenvalue weighted by molar-refractivity contribution is 5.99. The van der Waals surface area contributed by atoms with Crippen LogP contribution in [0.3, 0.4) is 0 Å². The van der Waals surface area contributed by atoms with Gasteiger partial charge in [-0.25, -0.2) is 9.97 Å². The summed E-state index contributed by atoms with van der Waals surface area (Å²) in [4.78, 5) is 11.6. The summed E-state index contributed by atoms with van der Waals surface area (Å²) in [6.07, 6.45) is 6.03. The predicted octanol–water partition coefficient (Wildman–Crippen LogP) is 6.37. The molecule has 1 aliphatic heterocycles. The molecule has 0 radical (unpaired) electrons. The second kappa shape index (κ2) is 13.5. The number of nitrogens with one attached hydrogen (secondary N) is 2. The second-order valence-electron chi connectivity index (χ2n) is 10.8. The van der Waals surface area contributed by atoms with Crippen molar-refractivity contribution >= 4 is 22.3 Å². The van der Waals surface area contributed by atoms with E-state index in [1.807, 2.05) is 48.8 Å². The van der Waals surface area contributed by atoms with Gasteiger partial charge in [-0.05, 0) is 81.6 Å². The number of hydrogen-bond donors (Lipinski definition) is 2. The Morgan fingerprint density at radius 1 is 0.878 bits per heavy atom. The number of anilines is 2. The molecule has 216 valence electrons. The summed E-state index contributed by atoms with van der Waals surface area (Å²) >= 11 is 0. The highest BCUT2D eigenvalue weighted by Gasteiger charge is 2.21. The fourth-order valence-electron chi connectivity index (χ4n) is 5.35. The van der Waals surface area contributed by atoms with Crippen LogP contribution in [0.5, 0.6) is 17.4 Å². The van der Waals surface area contributed by atoms with E-state index in [0.29, 0.717) is 30.9 Å². The second-order valence-corrected chi connectivity index (χ2v) is 10.8. The van der Waals surface area contributed by atoms with Crippen LogP contribution in [0.15, 0.2) is 67.0 Å². The summed E-state index contributed by atoms with van der Waals surface area (Å²) < 4.78 is 17.0. The molecule has 0 unspecified atom stereocenters. The zero-order valence-corrected chi connectivity index (χ0v) is 24.5. The lowest BCUT2D eigenvalue weighted by molar-refractivity contribution is 0.117. The molecule has 41 heavy (non-hydrogen) atoms. The van der Waals surface area contributed by atoms with Crippen molar-refractivity contribution in [3.05, 3.63) is 78.1 Å². The number of methoxy groups -OCH3 is 2. The number of ether oxygens (including phenoxy) is 3. The SMILES string of the molecule is COc1ccc(CNc2nccc3c(NCc4ccnc(OCC5CCN(C(C)C)CC5)c4)cccc23)c(OC)c1. The summed E-state index contributed by atoms with van der Waals surface area (Å²) in [5.41, 5.74) is 3.20. The molecule has 3 heterocycles. The van der Waals surface area contributed by atoms with Gasteiger partial charge in [0.05, 0.1) is 20.8 Å². The van der Waals surface area contributed by atoms with Crippen molar-refractivity contribution in [2.45, 2.75) is 45.8 Å². The van der Waals surface area contributed by atoms with Crippen LogP contribution < -0.4 is 24.8 Å². The standard InChI is InChI=1S/C33H41N5O3/c1-23(2)38-16-12-24(13-17-38)22-41-32-18-25(10-14-34-32)20-36-30-7-5-6-29-28(30)11-15-35-33(29)37-21-26-8-9-27(39-3)19-31(26)40-4/h5-11,14-15,18-19,23-24,36H,12-13,16-17,20-22H2,1-4H3,(H,35,37). The van der Waals surface area contributed by atoms with E-state index in [1.54, 1.807) is 14.2 Å². The van der Waals surface area contributed by atoms with E-state index in [-0.39, 0.29) is 0 Å². The first kappa shape index (κ1) is 28.5. The average Bonchev–Trinajstić information content (AvgIpc) is 3.02. The van der Waals surface area contributed by atoms with Crippen LogP contribution in [0.25, 0.3) is 10.8 Å². The maximum Gasteiger partial charge on any atom is 0.213 e. The van der Waals surface area contributed by atoms with Gasteiger partial charge in [0.15, 0.2) is 0 Å². The summed E-state index contributed by atoms with van der Waals surface area (Å²) in [6.45, 7) is 8.81. The van der Waals surface area contributed by atoms with E-state index in [0.717, 1.165) is 64.6 Å². The molecule has 0 amide bonds. The number of likely N-dealkylation sites (tertiary alicyclic amines) is 1. The normalized spacial score (nSPS) is 14.3. The van der Waals surface area contributed by atoms with E-state index in [1.165, 1.54) is 12.8 Å². The van der Waals surface area contributed by atoms with Crippen molar-refractivity contribution in [2.24, 2.45) is 5.92 Å². The number of fused-ring (bicyclic) bond motifs is 1. The Kier molecular flexibility index (Phi) is 9.41. The molecule has 8 heteroatoms. The molecule has 0 spiro atoms. The predicted molar refractivity (Wildman–Crippen MR) is 165 cm³/mol. The minimum Gasteiger partial charge on any atom is -0.497 e. The largest absolute Gasteiger partial charge is 0.497 e. The van der Waals surface area contributed by atoms with E-state index < -0.39 is 0 Å². The lowest BCUT2D eigenvalue weighted by Gasteiger charge is -2.34. The molecule has 8 nitrogen and oxygen atoms in total. The van der Waals surface area contributed by atoms with E-state index in [2.05, 4.69) is 57.5 Å². The van der Waals surface area contributed by atoms with Crippen molar-refractivity contribution in [2.75, 3.05) is 44.5 Å². The zero-order chi connectivity index (χ0) is 28.6. The zero-order valence-electron chi connectivity index (χ0n) is 24.5. The molecule has 0 saturated carbocycles. The smallest absolute Gasteiger partial charge is 0.213 e. The van der Waals surface area contributed by atoms with Crippen LogP contribution in [-0.4, -0.2) is 54.8 Å². The van der Waals surface area contributed by atoms with Gasteiger partial charge in [-0.1, -0.05) is 12.1 Å². The summed E-state index contributed by atoms with van der Waals surface area (Å²) in [6, 6.07) is 18.8. The van der Waals surface area contributed by atoms with Gasteiger partial charge < -0.3 is 29.7 Å². The van der Waals surface area contributed by atoms with Gasteiger partial charge in [0.1, 0.15) is 17.3 Å². The number of hydrogen-bond acceptors (Lipinski definition) is 8. The Morgan fingerprint density at radius 2 is 1.71 bits per heavy atom. The summed E-state index contributed by atoms with van der Waals surface area (Å²) in [5.74, 6) is 3.64. The van der Waals surface area contributed by atoms with Crippen molar-refractivity contribution in [1.29, 1.82) is 0 Å². The third-order valence-corrected chi connectivity index (χ3v) is 7.88. The molecule has 0 bridgehead atoms. The minimum atomic E-state index is 0.577. The van der Waals surface area contributed by atoms with Crippen LogP contribution in [-0.2, 0) is 13.1 Å². The molecular formula is C33H41N5O3. The van der Waals surface area contributed by atoms with Crippen molar-refractivity contribution in [1.82, 2.24) is 14.9 Å². The topological polar surface area (TPSA) is 80.8 Å². The maximum absolute atomic E-state index is 6.12. The van der Waals surface area contributed by atoms with Crippen LogP contribution in [0.1, 0.15) is 37.8 Å². The Labute approximate surface area is 243 Å². The lowest BCUT2D eigenvalue weighted by Crippen LogP contribution is -2.39. The molecule has 2 aromatic carbocycles. The molecule has 1 fully saturated rings. The Bertz CT molecular complexity index is 1440. The number of benzene rings is 2. The van der Waals surface area contributed by atoms with E-state index >= 15 is 0 Å². The van der Waals surface area contributed by atoms with Gasteiger partial charge in [-0.3, -0.25) is 0 Å². The van der Waals surface area contributed by atoms with Crippen LogP contribution in [0.4, 0.5) is 11.5 Å². The van der Waals surface area contributed by atoms with Crippen LogP contribution in [0.2, 0.25) is 0 Å². The maximum atomic E-state index is 6.12. The molecule has 4 aromatic rings. The first-order chi connectivity index (χ1) is 20.0. The number of aromatic nitrogens is 2. The molecule has 0 atom stereocenters. The number of pyridine rings is 2. The number of piperidine rings is 1. The molecule has 0 aliphatic carbocycles. The Hall–Kier alpha value is -4.04. The minimum absolute atomic E-state index is 0.577. The van der Waals surface area contributed by atoms with Gasteiger partial charge >= 0.3 is 0 Å². The fourth-order valence-corrected chi connectivity index (χ4v) is 5.35. The molecule has 1 saturated heterocycles. The van der Waals surface area contributed by atoms with Gasteiger partial charge in [0.2, 0.25) is 5.88 Å². The molecule has 1 aliphatic rings. The van der Waals surface area contributed by atoms with Gasteiger partial charge in [0, 0.05) is 65.7 Å². The monoisotopic (exact) mass is 555 g/mol. The molecule has 2 N–H and O–H groups in total. The third kappa shape index (κ3) is 7.19. The van der Waals surface area contributed by atoms with Crippen molar-refractivity contribution in [3.63, 3.8) is 0 Å². The third-order valence-electron chi connectivity index (χ3n) is 7.88. The van der Waals surface area contributed by atoms with Crippen molar-refractivity contribution in [3.8, 4) is 17.4 Å². The first-order valence-corrected chi connectivity index (χ1v) is 14.4. The number of rotatable bonds is 12. The van der Waals surface area contributed by atoms with Gasteiger partial charge in [-0.15, -0.1) is 0 Å². The van der Waals surface area contributed by atoms with Gasteiger partial charge in [0.25, 0.3) is 0 Å². The Balaban J connectivity index is 1.21. The fraction of sp³-hybridized carbons (Fsp3) is 0.394. The highest BCUT2D eigenvalue weighted by Crippen LogP contribution is 2.30. The molecule has 2 aromatic heterocycles. The quantitative estimate of drug-likeness (QED) is 0.209. The van der Waals surface area contributed by atoms with E-state index in [9.17, 15) is 0 Å². The lowest BCUT2D eigenvalue weighted by atomic mass is 9.97. The van der Waals surface area contributed by atoms with Crippen LogP contribution >= 0.6 is 0 Å². The summed E-state index contributed by atoms with van der Waals surface area (Å²) in [7, 11) is 3.32. The van der Waals surface area contributed by atoms with Crippen LogP contribution in [0, 0.1) is 5.92 Å².